The van der Waals surface area contributed by atoms with Crippen molar-refractivity contribution < 1.29 is 4.79 Å². The lowest BCUT2D eigenvalue weighted by molar-refractivity contribution is -0.121. The fraction of sp³-hybridized carbons (Fsp3) is 0.526. The fourth-order valence-corrected chi connectivity index (χ4v) is 4.55. The van der Waals surface area contributed by atoms with Crippen molar-refractivity contribution in [3.05, 3.63) is 36.0 Å². The summed E-state index contributed by atoms with van der Waals surface area (Å²) in [6.45, 7) is 0.897. The largest absolute Gasteiger partial charge is 0.361 e. The van der Waals surface area contributed by atoms with Gasteiger partial charge in [0.05, 0.1) is 0 Å². The van der Waals surface area contributed by atoms with Crippen molar-refractivity contribution in [2.45, 2.75) is 38.5 Å². The van der Waals surface area contributed by atoms with Crippen LogP contribution in [-0.4, -0.2) is 17.4 Å². The van der Waals surface area contributed by atoms with Crippen molar-refractivity contribution in [3.8, 4) is 0 Å². The smallest absolute Gasteiger partial charge is 0.220 e. The van der Waals surface area contributed by atoms with E-state index in [2.05, 4.69) is 28.5 Å². The molecule has 3 atom stereocenters. The van der Waals surface area contributed by atoms with Crippen molar-refractivity contribution in [2.24, 2.45) is 17.8 Å². The van der Waals surface area contributed by atoms with Gasteiger partial charge in [-0.3, -0.25) is 4.79 Å². The van der Waals surface area contributed by atoms with Crippen LogP contribution in [0.4, 0.5) is 0 Å². The van der Waals surface area contributed by atoms with Gasteiger partial charge < -0.3 is 10.3 Å². The van der Waals surface area contributed by atoms with Crippen LogP contribution in [-0.2, 0) is 11.2 Å². The zero-order chi connectivity index (χ0) is 14.9. The Balaban J connectivity index is 1.27. The van der Waals surface area contributed by atoms with Gasteiger partial charge in [-0.1, -0.05) is 24.6 Å². The molecule has 2 bridgehead atoms. The molecule has 0 spiro atoms. The molecule has 2 fully saturated rings. The Hall–Kier alpha value is -1.77. The molecule has 2 aliphatic rings. The molecule has 0 aliphatic heterocycles. The number of aryl methyl sites for hydroxylation is 1. The van der Waals surface area contributed by atoms with Gasteiger partial charge in [-0.2, -0.15) is 0 Å². The molecule has 0 saturated heterocycles. The van der Waals surface area contributed by atoms with Crippen LogP contribution in [0, 0.1) is 17.8 Å². The molecule has 1 aromatic heterocycles. The second-order valence-corrected chi connectivity index (χ2v) is 7.10. The van der Waals surface area contributed by atoms with Crippen molar-refractivity contribution in [2.75, 3.05) is 6.54 Å². The Kier molecular flexibility index (Phi) is 3.65. The van der Waals surface area contributed by atoms with Gasteiger partial charge in [0.2, 0.25) is 5.91 Å². The standard InChI is InChI=1S/C19H24N2O/c22-19(21-12-16-10-13-5-6-14(16)9-13)8-7-15-11-20-18-4-2-1-3-17(15)18/h1-4,11,13-14,16,20H,5-10,12H2,(H,21,22). The third-order valence-electron chi connectivity index (χ3n) is 5.74. The number of hydrogen-bond acceptors (Lipinski definition) is 1. The summed E-state index contributed by atoms with van der Waals surface area (Å²) in [5.41, 5.74) is 2.39. The van der Waals surface area contributed by atoms with E-state index in [0.29, 0.717) is 6.42 Å². The summed E-state index contributed by atoms with van der Waals surface area (Å²) in [7, 11) is 0. The van der Waals surface area contributed by atoms with Crippen LogP contribution in [0.5, 0.6) is 0 Å². The van der Waals surface area contributed by atoms with Crippen LogP contribution >= 0.6 is 0 Å². The van der Waals surface area contributed by atoms with Gasteiger partial charge in [0.1, 0.15) is 0 Å². The van der Waals surface area contributed by atoms with E-state index in [9.17, 15) is 4.79 Å². The first-order chi connectivity index (χ1) is 10.8. The van der Waals surface area contributed by atoms with Gasteiger partial charge >= 0.3 is 0 Å². The van der Waals surface area contributed by atoms with Gasteiger partial charge in [0.25, 0.3) is 0 Å². The molecule has 0 radical (unpaired) electrons. The van der Waals surface area contributed by atoms with Crippen molar-refractivity contribution in [1.82, 2.24) is 10.3 Å². The lowest BCUT2D eigenvalue weighted by Gasteiger charge is -2.21. The van der Waals surface area contributed by atoms with Crippen LogP contribution in [0.15, 0.2) is 30.5 Å². The number of amides is 1. The number of carbonyl (C=O) groups excluding carboxylic acids is 1. The van der Waals surface area contributed by atoms with E-state index in [1.165, 1.54) is 36.6 Å². The first-order valence-corrected chi connectivity index (χ1v) is 8.61. The highest BCUT2D eigenvalue weighted by Crippen LogP contribution is 2.47. The number of benzene rings is 1. The third kappa shape index (κ3) is 2.65. The van der Waals surface area contributed by atoms with E-state index in [1.54, 1.807) is 0 Å². The van der Waals surface area contributed by atoms with Crippen LogP contribution in [0.1, 0.15) is 37.7 Å². The van der Waals surface area contributed by atoms with Crippen LogP contribution in [0.25, 0.3) is 10.9 Å². The number of para-hydroxylation sites is 1. The highest BCUT2D eigenvalue weighted by molar-refractivity contribution is 5.84. The number of rotatable bonds is 5. The maximum atomic E-state index is 12.1. The van der Waals surface area contributed by atoms with Crippen molar-refractivity contribution in [1.29, 1.82) is 0 Å². The van der Waals surface area contributed by atoms with Crippen LogP contribution in [0.2, 0.25) is 0 Å². The molecular formula is C19H24N2O. The Morgan fingerprint density at radius 3 is 2.95 bits per heavy atom. The van der Waals surface area contributed by atoms with E-state index in [1.807, 2.05) is 12.3 Å². The number of aromatic amines is 1. The van der Waals surface area contributed by atoms with Gasteiger partial charge in [0, 0.05) is 30.1 Å². The van der Waals surface area contributed by atoms with E-state index in [4.69, 9.17) is 0 Å². The van der Waals surface area contributed by atoms with Crippen molar-refractivity contribution >= 4 is 16.8 Å². The Morgan fingerprint density at radius 1 is 1.23 bits per heavy atom. The molecular weight excluding hydrogens is 272 g/mol. The third-order valence-corrected chi connectivity index (χ3v) is 5.74. The molecule has 2 aromatic rings. The second-order valence-electron chi connectivity index (χ2n) is 7.10. The molecule has 22 heavy (non-hydrogen) atoms. The summed E-state index contributed by atoms with van der Waals surface area (Å²) in [6.07, 6.45) is 9.00. The van der Waals surface area contributed by atoms with Gasteiger partial charge in [0.15, 0.2) is 0 Å². The first-order valence-electron chi connectivity index (χ1n) is 8.61. The highest BCUT2D eigenvalue weighted by Gasteiger charge is 2.39. The van der Waals surface area contributed by atoms with E-state index < -0.39 is 0 Å². The molecule has 1 amide bonds. The lowest BCUT2D eigenvalue weighted by Crippen LogP contribution is -2.31. The minimum atomic E-state index is 0.202. The Bertz CT molecular complexity index is 675. The molecule has 3 unspecified atom stereocenters. The number of H-pyrrole nitrogens is 1. The molecule has 3 heteroatoms. The first kappa shape index (κ1) is 13.9. The monoisotopic (exact) mass is 296 g/mol. The Labute approximate surface area is 131 Å². The van der Waals surface area contributed by atoms with Gasteiger partial charge in [-0.15, -0.1) is 0 Å². The molecule has 2 N–H and O–H groups in total. The van der Waals surface area contributed by atoms with Gasteiger partial charge in [-0.25, -0.2) is 0 Å². The SMILES string of the molecule is O=C(CCc1c[nH]c2ccccc12)NCC1CC2CCC1C2. The summed E-state index contributed by atoms with van der Waals surface area (Å²) >= 11 is 0. The molecule has 4 rings (SSSR count). The minimum Gasteiger partial charge on any atom is -0.361 e. The summed E-state index contributed by atoms with van der Waals surface area (Å²) in [5, 5.41) is 4.41. The Morgan fingerprint density at radius 2 is 2.14 bits per heavy atom. The summed E-state index contributed by atoms with van der Waals surface area (Å²) in [5.74, 6) is 2.79. The summed E-state index contributed by atoms with van der Waals surface area (Å²) < 4.78 is 0. The normalized spacial score (nSPS) is 26.6. The quantitative estimate of drug-likeness (QED) is 0.869. The number of fused-ring (bicyclic) bond motifs is 3. The fourth-order valence-electron chi connectivity index (χ4n) is 4.55. The number of nitrogens with one attached hydrogen (secondary N) is 2. The van der Waals surface area contributed by atoms with E-state index in [-0.39, 0.29) is 5.91 Å². The molecule has 2 aliphatic carbocycles. The molecule has 3 nitrogen and oxygen atoms in total. The lowest BCUT2D eigenvalue weighted by atomic mass is 9.89. The van der Waals surface area contributed by atoms with Crippen LogP contribution < -0.4 is 5.32 Å². The zero-order valence-electron chi connectivity index (χ0n) is 13.0. The second kappa shape index (κ2) is 5.79. The predicted molar refractivity (Wildman–Crippen MR) is 88.6 cm³/mol. The predicted octanol–water partition coefficient (Wildman–Crippen LogP) is 3.65. The molecule has 1 aromatic carbocycles. The maximum absolute atomic E-state index is 12.1. The molecule has 116 valence electrons. The van der Waals surface area contributed by atoms with E-state index in [0.717, 1.165) is 36.2 Å². The van der Waals surface area contributed by atoms with E-state index >= 15 is 0 Å². The van der Waals surface area contributed by atoms with Gasteiger partial charge in [-0.05, 0) is 55.1 Å². The zero-order valence-corrected chi connectivity index (χ0v) is 13.0. The minimum absolute atomic E-state index is 0.202. The summed E-state index contributed by atoms with van der Waals surface area (Å²) in [4.78, 5) is 15.4. The maximum Gasteiger partial charge on any atom is 0.220 e. The topological polar surface area (TPSA) is 44.9 Å². The average molecular weight is 296 g/mol. The van der Waals surface area contributed by atoms with Crippen LogP contribution in [0.3, 0.4) is 0 Å². The number of carbonyl (C=O) groups is 1. The summed E-state index contributed by atoms with van der Waals surface area (Å²) in [6, 6.07) is 8.28. The molecule has 2 saturated carbocycles. The number of hydrogen-bond donors (Lipinski definition) is 2. The number of aromatic nitrogens is 1. The molecule has 1 heterocycles. The van der Waals surface area contributed by atoms with Crippen molar-refractivity contribution in [3.63, 3.8) is 0 Å². The highest BCUT2D eigenvalue weighted by atomic mass is 16.1. The average Bonchev–Trinajstić information content (AvgIpc) is 3.26.